The molecule has 1 aromatic rings. The number of aliphatic imine (C=N–C) groups is 1. The zero-order chi connectivity index (χ0) is 6.10. The topological polar surface area (TPSA) is 14.1 Å². The van der Waals surface area contributed by atoms with Gasteiger partial charge in [-0.05, 0) is 17.8 Å². The highest BCUT2D eigenvalue weighted by molar-refractivity contribution is 8.12. The van der Waals surface area contributed by atoms with Gasteiger partial charge in [0.25, 0.3) is 11.2 Å². The van der Waals surface area contributed by atoms with Crippen LogP contribution >= 0.6 is 11.8 Å². The van der Waals surface area contributed by atoms with E-state index >= 15 is 0 Å². The molecule has 1 nitrogen and oxygen atoms in total. The Bertz CT molecular complexity index is 260. The summed E-state index contributed by atoms with van der Waals surface area (Å²) in [5.41, 5.74) is 2.97. The highest BCUT2D eigenvalue weighted by atomic mass is 79.9. The van der Waals surface area contributed by atoms with Crippen LogP contribution in [0.1, 0.15) is 0 Å². The summed E-state index contributed by atoms with van der Waals surface area (Å²) in [6.07, 6.45) is 0. The van der Waals surface area contributed by atoms with Crippen LogP contribution in [0.3, 0.4) is 0 Å². The van der Waals surface area contributed by atoms with Crippen LogP contribution in [0.2, 0.25) is 0 Å². The van der Waals surface area contributed by atoms with Gasteiger partial charge in [-0.1, -0.05) is 12.1 Å². The predicted octanol–water partition coefficient (Wildman–Crippen LogP) is -1.21. The lowest BCUT2D eigenvalue weighted by molar-refractivity contribution is -0.00000175. The number of halogens is 1. The first kappa shape index (κ1) is 7.82. The van der Waals surface area contributed by atoms with Gasteiger partial charge in [0.1, 0.15) is 0 Å². The Kier molecular flexibility index (Phi) is 2.51. The Hall–Kier alpha value is -0.280. The molecule has 0 amide bonds. The lowest BCUT2D eigenvalue weighted by Crippen LogP contribution is -3.00. The summed E-state index contributed by atoms with van der Waals surface area (Å²) >= 11 is 1.68. The lowest BCUT2D eigenvalue weighted by Gasteiger charge is -1.81. The highest BCUT2D eigenvalue weighted by Gasteiger charge is 2.16. The van der Waals surface area contributed by atoms with Crippen molar-refractivity contribution in [3.05, 3.63) is 24.3 Å². The number of para-hydroxylation sites is 1. The molecule has 1 aliphatic rings. The van der Waals surface area contributed by atoms with Gasteiger partial charge in [0, 0.05) is 6.07 Å². The summed E-state index contributed by atoms with van der Waals surface area (Å²) in [6, 6.07) is 8.13. The quantitative estimate of drug-likeness (QED) is 0.529. The van der Waals surface area contributed by atoms with E-state index in [1.54, 1.807) is 11.8 Å². The summed E-state index contributed by atoms with van der Waals surface area (Å²) in [6.45, 7) is 0. The van der Waals surface area contributed by atoms with E-state index in [9.17, 15) is 0 Å². The van der Waals surface area contributed by atoms with Crippen molar-refractivity contribution >= 4 is 23.0 Å². The van der Waals surface area contributed by atoms with Crippen LogP contribution in [0.15, 0.2) is 29.2 Å². The van der Waals surface area contributed by atoms with Crippen molar-refractivity contribution in [3.8, 4) is 0 Å². The fraction of sp³-hybridized carbons (Fsp3) is 0. The van der Waals surface area contributed by atoms with E-state index in [0.29, 0.717) is 0 Å². The summed E-state index contributed by atoms with van der Waals surface area (Å²) in [5.74, 6) is 0. The molecule has 1 heterocycles. The van der Waals surface area contributed by atoms with Crippen molar-refractivity contribution in [3.63, 3.8) is 0 Å². The first-order valence-electron chi connectivity index (χ1n) is 2.75. The van der Waals surface area contributed by atoms with Crippen molar-refractivity contribution in [2.24, 2.45) is 0 Å². The molecule has 10 heavy (non-hydrogen) atoms. The van der Waals surface area contributed by atoms with Crippen LogP contribution in [-0.4, -0.2) is 5.55 Å². The van der Waals surface area contributed by atoms with E-state index in [2.05, 4.69) is 11.1 Å². The second-order valence-electron chi connectivity index (χ2n) is 1.82. The van der Waals surface area contributed by atoms with Crippen LogP contribution in [-0.2, 0) is 0 Å². The number of hydrogen-bond acceptors (Lipinski definition) is 2. The zero-order valence-electron chi connectivity index (χ0n) is 5.12. The third kappa shape index (κ3) is 1.25. The molecule has 0 spiro atoms. The van der Waals surface area contributed by atoms with E-state index in [1.807, 2.05) is 23.7 Å². The molecular weight excluding hydrogens is 210 g/mol. The van der Waals surface area contributed by atoms with E-state index in [-0.39, 0.29) is 17.0 Å². The first-order chi connectivity index (χ1) is 4.47. The standard InChI is InChI=1S/C7H5NS.BrH/c1-2-4-7-6(3-1)8-5-9-7;/h1-5H;1H/q+1;/p-1. The summed E-state index contributed by atoms with van der Waals surface area (Å²) < 4.78 is 0. The van der Waals surface area contributed by atoms with Gasteiger partial charge in [0.05, 0.1) is 9.89 Å². The van der Waals surface area contributed by atoms with Gasteiger partial charge in [-0.15, -0.1) is 0 Å². The second-order valence-corrected chi connectivity index (χ2v) is 2.71. The second kappa shape index (κ2) is 3.21. The lowest BCUT2D eigenvalue weighted by atomic mass is 10.3. The number of hydrogen-bond donors (Lipinski definition) is 0. The van der Waals surface area contributed by atoms with Crippen LogP contribution in [0.4, 0.5) is 5.69 Å². The Balaban J connectivity index is 0.000000500. The van der Waals surface area contributed by atoms with Crippen molar-refractivity contribution in [1.29, 1.82) is 0 Å². The number of rotatable bonds is 0. The molecule has 0 fully saturated rings. The maximum absolute atomic E-state index is 4.14. The van der Waals surface area contributed by atoms with Gasteiger partial charge in [0.2, 0.25) is 0 Å². The highest BCUT2D eigenvalue weighted by Crippen LogP contribution is 2.27. The Morgan fingerprint density at radius 1 is 1.20 bits per heavy atom. The van der Waals surface area contributed by atoms with Crippen molar-refractivity contribution in [2.75, 3.05) is 0 Å². The molecule has 3 heteroatoms. The summed E-state index contributed by atoms with van der Waals surface area (Å²) in [5, 5.41) is 0. The average molecular weight is 215 g/mol. The fourth-order valence-electron chi connectivity index (χ4n) is 0.803. The average Bonchev–Trinajstić information content (AvgIpc) is 2.33. The minimum atomic E-state index is 0. The Morgan fingerprint density at radius 2 is 2.00 bits per heavy atom. The number of benzene rings is 1. The third-order valence-corrected chi connectivity index (χ3v) is 2.05. The molecule has 0 aliphatic carbocycles. The van der Waals surface area contributed by atoms with Gasteiger partial charge in [-0.25, -0.2) is 0 Å². The minimum absolute atomic E-state index is 0. The Labute approximate surface area is 74.3 Å². The zero-order valence-corrected chi connectivity index (χ0v) is 7.52. The molecule has 2 rings (SSSR count). The molecule has 1 aromatic carbocycles. The molecule has 1 aliphatic heterocycles. The van der Waals surface area contributed by atoms with E-state index in [1.165, 1.54) is 4.90 Å². The van der Waals surface area contributed by atoms with E-state index in [4.69, 9.17) is 0 Å². The van der Waals surface area contributed by atoms with Crippen molar-refractivity contribution in [2.45, 2.75) is 4.90 Å². The normalized spacial score (nSPS) is 12.4. The predicted molar refractivity (Wildman–Crippen MR) is 40.2 cm³/mol. The molecule has 0 saturated carbocycles. The van der Waals surface area contributed by atoms with Gasteiger partial charge in [0.15, 0.2) is 0 Å². The molecule has 51 valence electrons. The molecule has 0 saturated heterocycles. The maximum atomic E-state index is 4.14. The summed E-state index contributed by atoms with van der Waals surface area (Å²) in [7, 11) is 0. The third-order valence-electron chi connectivity index (χ3n) is 1.24. The molecule has 0 unspecified atom stereocenters. The fourth-order valence-corrected chi connectivity index (χ4v) is 1.48. The molecule has 1 radical (unpaired) electrons. The minimum Gasteiger partial charge on any atom is -1.00 e. The number of nitrogens with zero attached hydrogens (tertiary/aromatic N) is 1. The SMILES string of the molecule is C1=[N+]c2ccccc2S1.[Br-]. The first-order valence-corrected chi connectivity index (χ1v) is 3.63. The van der Waals surface area contributed by atoms with E-state index in [0.717, 1.165) is 5.69 Å². The van der Waals surface area contributed by atoms with Crippen LogP contribution in [0, 0.1) is 0 Å². The maximum Gasteiger partial charge on any atom is 0.291 e. The molecule has 0 N–H and O–H groups in total. The van der Waals surface area contributed by atoms with Gasteiger partial charge >= 0.3 is 0 Å². The van der Waals surface area contributed by atoms with Gasteiger partial charge < -0.3 is 17.0 Å². The van der Waals surface area contributed by atoms with Crippen LogP contribution in [0.25, 0.3) is 0 Å². The number of fused-ring (bicyclic) bond motifs is 1. The van der Waals surface area contributed by atoms with E-state index < -0.39 is 0 Å². The van der Waals surface area contributed by atoms with Crippen molar-refractivity contribution in [1.82, 2.24) is 4.99 Å². The smallest absolute Gasteiger partial charge is 0.291 e. The van der Waals surface area contributed by atoms with Gasteiger partial charge in [-0.2, -0.15) is 0 Å². The monoisotopic (exact) mass is 214 g/mol. The molecular formula is C7H5BrNS. The van der Waals surface area contributed by atoms with Crippen LogP contribution < -0.4 is 22.0 Å². The largest absolute Gasteiger partial charge is 1.00 e. The molecule has 0 bridgehead atoms. The molecule has 0 aromatic heterocycles. The Morgan fingerprint density at radius 3 is 2.80 bits per heavy atom. The van der Waals surface area contributed by atoms with Crippen LogP contribution in [0.5, 0.6) is 0 Å². The summed E-state index contributed by atoms with van der Waals surface area (Å²) in [4.78, 5) is 5.40. The van der Waals surface area contributed by atoms with Gasteiger partial charge in [-0.3, -0.25) is 0 Å². The van der Waals surface area contributed by atoms with Crippen molar-refractivity contribution < 1.29 is 17.0 Å². The number of thioether (sulfide) groups is 1. The molecule has 0 atom stereocenters.